The zero-order chi connectivity index (χ0) is 14.5. The summed E-state index contributed by atoms with van der Waals surface area (Å²) in [6.07, 6.45) is 1.44. The maximum Gasteiger partial charge on any atom is 0.255 e. The van der Waals surface area contributed by atoms with E-state index in [1.165, 1.54) is 0 Å². The Bertz CT molecular complexity index is 496. The first-order valence-electron chi connectivity index (χ1n) is 6.95. The van der Waals surface area contributed by atoms with Crippen LogP contribution in [0.2, 0.25) is 5.02 Å². The van der Waals surface area contributed by atoms with Gasteiger partial charge in [-0.1, -0.05) is 30.7 Å². The van der Waals surface area contributed by atoms with Gasteiger partial charge in [-0.3, -0.25) is 9.59 Å². The topological polar surface area (TPSA) is 40.6 Å². The number of carbonyl (C=O) groups excluding carboxylic acids is 2. The minimum absolute atomic E-state index is 0.0572. The van der Waals surface area contributed by atoms with Crippen molar-refractivity contribution in [1.29, 1.82) is 0 Å². The minimum atomic E-state index is -0.0572. The third-order valence-electron chi connectivity index (χ3n) is 3.49. The second kappa shape index (κ2) is 6.75. The van der Waals surface area contributed by atoms with E-state index in [-0.39, 0.29) is 11.8 Å². The predicted octanol–water partition coefficient (Wildman–Crippen LogP) is 2.42. The van der Waals surface area contributed by atoms with Crippen LogP contribution >= 0.6 is 11.6 Å². The van der Waals surface area contributed by atoms with Crippen LogP contribution in [0.15, 0.2) is 24.3 Å². The fourth-order valence-corrected chi connectivity index (χ4v) is 2.55. The fourth-order valence-electron chi connectivity index (χ4n) is 2.34. The molecule has 0 saturated carbocycles. The molecule has 0 bridgehead atoms. The van der Waals surface area contributed by atoms with Gasteiger partial charge in [-0.05, 0) is 18.6 Å². The highest BCUT2D eigenvalue weighted by Gasteiger charge is 2.25. The number of rotatable bonds is 3. The summed E-state index contributed by atoms with van der Waals surface area (Å²) in [7, 11) is 0. The molecule has 1 aromatic carbocycles. The van der Waals surface area contributed by atoms with Crippen molar-refractivity contribution < 1.29 is 9.59 Å². The van der Waals surface area contributed by atoms with E-state index < -0.39 is 0 Å². The molecule has 1 aliphatic heterocycles. The molecule has 4 nitrogen and oxygen atoms in total. The highest BCUT2D eigenvalue weighted by molar-refractivity contribution is 6.33. The van der Waals surface area contributed by atoms with Crippen LogP contribution in [-0.2, 0) is 4.79 Å². The zero-order valence-corrected chi connectivity index (χ0v) is 12.4. The molecule has 0 aliphatic carbocycles. The number of amides is 2. The number of nitrogens with zero attached hydrogens (tertiary/aromatic N) is 2. The van der Waals surface area contributed by atoms with Gasteiger partial charge in [-0.15, -0.1) is 0 Å². The SMILES string of the molecule is CCCC(=O)N1CCN(C(=O)c2ccccc2Cl)CC1. The van der Waals surface area contributed by atoms with Crippen molar-refractivity contribution in [2.24, 2.45) is 0 Å². The molecule has 0 atom stereocenters. The lowest BCUT2D eigenvalue weighted by molar-refractivity contribution is -0.132. The quantitative estimate of drug-likeness (QED) is 0.859. The van der Waals surface area contributed by atoms with E-state index >= 15 is 0 Å². The number of carbonyl (C=O) groups is 2. The molecule has 5 heteroatoms. The molecule has 2 rings (SSSR count). The first-order valence-corrected chi connectivity index (χ1v) is 7.33. The molecule has 1 heterocycles. The number of hydrogen-bond acceptors (Lipinski definition) is 2. The van der Waals surface area contributed by atoms with E-state index in [2.05, 4.69) is 0 Å². The molecule has 1 aromatic rings. The summed E-state index contributed by atoms with van der Waals surface area (Å²) < 4.78 is 0. The maximum atomic E-state index is 12.4. The average Bonchev–Trinajstić information content (AvgIpc) is 2.47. The lowest BCUT2D eigenvalue weighted by atomic mass is 10.1. The van der Waals surface area contributed by atoms with Gasteiger partial charge in [0, 0.05) is 32.6 Å². The largest absolute Gasteiger partial charge is 0.339 e. The fraction of sp³-hybridized carbons (Fsp3) is 0.467. The molecule has 1 fully saturated rings. The molecule has 20 heavy (non-hydrogen) atoms. The van der Waals surface area contributed by atoms with Crippen LogP contribution in [-0.4, -0.2) is 47.8 Å². The first-order chi connectivity index (χ1) is 9.63. The van der Waals surface area contributed by atoms with Gasteiger partial charge < -0.3 is 9.80 Å². The Balaban J connectivity index is 1.96. The van der Waals surface area contributed by atoms with Gasteiger partial charge >= 0.3 is 0 Å². The summed E-state index contributed by atoms with van der Waals surface area (Å²) in [6.45, 7) is 4.35. The Morgan fingerprint density at radius 2 is 1.70 bits per heavy atom. The zero-order valence-electron chi connectivity index (χ0n) is 11.6. The van der Waals surface area contributed by atoms with Crippen LogP contribution in [0, 0.1) is 0 Å². The number of hydrogen-bond donors (Lipinski definition) is 0. The van der Waals surface area contributed by atoms with Crippen LogP contribution in [0.5, 0.6) is 0 Å². The Hall–Kier alpha value is -1.55. The van der Waals surface area contributed by atoms with Gasteiger partial charge in [0.25, 0.3) is 5.91 Å². The van der Waals surface area contributed by atoms with Crippen LogP contribution in [0.25, 0.3) is 0 Å². The Kier molecular flexibility index (Phi) is 5.01. The summed E-state index contributed by atoms with van der Waals surface area (Å²) in [4.78, 5) is 27.8. The number of benzene rings is 1. The number of piperazine rings is 1. The molecule has 0 N–H and O–H groups in total. The molecular weight excluding hydrogens is 276 g/mol. The molecule has 0 spiro atoms. The Morgan fingerprint density at radius 3 is 2.30 bits per heavy atom. The smallest absolute Gasteiger partial charge is 0.255 e. The van der Waals surface area contributed by atoms with Gasteiger partial charge in [0.2, 0.25) is 5.91 Å². The normalized spacial score (nSPS) is 15.3. The maximum absolute atomic E-state index is 12.4. The standard InChI is InChI=1S/C15H19ClN2O2/c1-2-5-14(19)17-8-10-18(11-9-17)15(20)12-6-3-4-7-13(12)16/h3-4,6-7H,2,5,8-11H2,1H3. The molecule has 0 unspecified atom stereocenters. The second-order valence-corrected chi connectivity index (χ2v) is 5.31. The van der Waals surface area contributed by atoms with Crippen molar-refractivity contribution in [2.75, 3.05) is 26.2 Å². The van der Waals surface area contributed by atoms with Gasteiger partial charge in [0.15, 0.2) is 0 Å². The van der Waals surface area contributed by atoms with E-state index in [0.717, 1.165) is 6.42 Å². The van der Waals surface area contributed by atoms with Crippen molar-refractivity contribution in [3.05, 3.63) is 34.9 Å². The van der Waals surface area contributed by atoms with Crippen LogP contribution in [0.4, 0.5) is 0 Å². The average molecular weight is 295 g/mol. The summed E-state index contributed by atoms with van der Waals surface area (Å²) in [5.41, 5.74) is 0.530. The van der Waals surface area contributed by atoms with E-state index in [4.69, 9.17) is 11.6 Å². The molecule has 2 amide bonds. The lowest BCUT2D eigenvalue weighted by Crippen LogP contribution is -2.50. The highest BCUT2D eigenvalue weighted by Crippen LogP contribution is 2.18. The molecule has 1 saturated heterocycles. The molecular formula is C15H19ClN2O2. The number of halogens is 1. The summed E-state index contributed by atoms with van der Waals surface area (Å²) in [5.74, 6) is 0.121. The summed E-state index contributed by atoms with van der Waals surface area (Å²) >= 11 is 6.05. The van der Waals surface area contributed by atoms with Crippen molar-refractivity contribution in [3.8, 4) is 0 Å². The summed E-state index contributed by atoms with van der Waals surface area (Å²) in [5, 5.41) is 0.474. The van der Waals surface area contributed by atoms with E-state index in [1.54, 1.807) is 29.2 Å². The second-order valence-electron chi connectivity index (χ2n) is 4.90. The van der Waals surface area contributed by atoms with Gasteiger partial charge in [-0.25, -0.2) is 0 Å². The molecule has 0 aromatic heterocycles. The lowest BCUT2D eigenvalue weighted by Gasteiger charge is -2.35. The van der Waals surface area contributed by atoms with Gasteiger partial charge in [0.05, 0.1) is 10.6 Å². The third kappa shape index (κ3) is 3.31. The Morgan fingerprint density at radius 1 is 1.10 bits per heavy atom. The Labute approximate surface area is 124 Å². The van der Waals surface area contributed by atoms with Crippen LogP contribution in [0.3, 0.4) is 0 Å². The molecule has 108 valence electrons. The van der Waals surface area contributed by atoms with Crippen LogP contribution < -0.4 is 0 Å². The van der Waals surface area contributed by atoms with Crippen molar-refractivity contribution in [3.63, 3.8) is 0 Å². The highest BCUT2D eigenvalue weighted by atomic mass is 35.5. The van der Waals surface area contributed by atoms with Gasteiger partial charge in [0.1, 0.15) is 0 Å². The predicted molar refractivity (Wildman–Crippen MR) is 78.8 cm³/mol. The van der Waals surface area contributed by atoms with Crippen LogP contribution in [0.1, 0.15) is 30.1 Å². The molecule has 1 aliphatic rings. The minimum Gasteiger partial charge on any atom is -0.339 e. The third-order valence-corrected chi connectivity index (χ3v) is 3.82. The van der Waals surface area contributed by atoms with E-state index in [9.17, 15) is 9.59 Å². The monoisotopic (exact) mass is 294 g/mol. The molecule has 0 radical (unpaired) electrons. The van der Waals surface area contributed by atoms with Gasteiger partial charge in [-0.2, -0.15) is 0 Å². The van der Waals surface area contributed by atoms with Crippen molar-refractivity contribution in [1.82, 2.24) is 9.80 Å². The van der Waals surface area contributed by atoms with E-state index in [1.807, 2.05) is 11.8 Å². The summed E-state index contributed by atoms with van der Waals surface area (Å²) in [6, 6.07) is 7.07. The first kappa shape index (κ1) is 14.9. The van der Waals surface area contributed by atoms with Crippen molar-refractivity contribution >= 4 is 23.4 Å². The van der Waals surface area contributed by atoms with E-state index in [0.29, 0.717) is 43.2 Å². The van der Waals surface area contributed by atoms with Crippen molar-refractivity contribution in [2.45, 2.75) is 19.8 Å².